The van der Waals surface area contributed by atoms with Gasteiger partial charge in [0.2, 0.25) is 0 Å². The van der Waals surface area contributed by atoms with Gasteiger partial charge in [-0.2, -0.15) is 0 Å². The third-order valence-electron chi connectivity index (χ3n) is 1.02. The van der Waals surface area contributed by atoms with Gasteiger partial charge < -0.3 is 9.79 Å². The van der Waals surface area contributed by atoms with Crippen molar-refractivity contribution >= 4 is 13.6 Å². The van der Waals surface area contributed by atoms with E-state index in [9.17, 15) is 4.89 Å². The van der Waals surface area contributed by atoms with Crippen molar-refractivity contribution in [1.29, 1.82) is 0 Å². The lowest BCUT2D eigenvalue weighted by Gasteiger charge is -2.11. The second-order valence-electron chi connectivity index (χ2n) is 1.78. The van der Waals surface area contributed by atoms with Crippen molar-refractivity contribution in [2.75, 3.05) is 13.6 Å². The summed E-state index contributed by atoms with van der Waals surface area (Å²) in [5, 5.41) is 0. The van der Waals surface area contributed by atoms with Crippen LogP contribution in [0.4, 0.5) is 0 Å². The molecule has 1 atom stereocenters. The Bertz CT molecular complexity index is 141. The van der Waals surface area contributed by atoms with Crippen LogP contribution in [0.1, 0.15) is 0 Å². The zero-order valence-electron chi connectivity index (χ0n) is 4.74. The highest BCUT2D eigenvalue weighted by Gasteiger charge is 1.98. The standard InChI is InChI=1S/C5H8NOP/c1-6-2-4-8(7)5-3-6/h2,4-5H,3H2,1H3. The van der Waals surface area contributed by atoms with Crippen molar-refractivity contribution in [2.45, 2.75) is 0 Å². The van der Waals surface area contributed by atoms with Gasteiger partial charge in [-0.25, -0.2) is 0 Å². The minimum Gasteiger partial charge on any atom is -0.626 e. The highest BCUT2D eigenvalue weighted by Crippen LogP contribution is 2.14. The summed E-state index contributed by atoms with van der Waals surface area (Å²) in [5.41, 5.74) is 0. The molecule has 3 heteroatoms. The monoisotopic (exact) mass is 129 g/mol. The molecule has 0 saturated carbocycles. The molecule has 0 N–H and O–H groups in total. The molecule has 1 rings (SSSR count). The van der Waals surface area contributed by atoms with Crippen LogP contribution in [0, 0.1) is 0 Å². The normalized spacial score (nSPS) is 23.2. The predicted octanol–water partition coefficient (Wildman–Crippen LogP) is -0.0376. The molecule has 1 unspecified atom stereocenters. The SMILES string of the molecule is CN1C=C[P+]([O-])=CC1. The average molecular weight is 129 g/mol. The van der Waals surface area contributed by atoms with E-state index in [0.29, 0.717) is 0 Å². The Morgan fingerprint density at radius 3 is 2.88 bits per heavy atom. The van der Waals surface area contributed by atoms with E-state index in [4.69, 9.17) is 0 Å². The van der Waals surface area contributed by atoms with Gasteiger partial charge in [0, 0.05) is 13.2 Å². The van der Waals surface area contributed by atoms with Crippen LogP contribution in [0.25, 0.3) is 0 Å². The van der Waals surface area contributed by atoms with Crippen LogP contribution < -0.4 is 4.89 Å². The average Bonchev–Trinajstić information content (AvgIpc) is 1.77. The third kappa shape index (κ3) is 1.32. The van der Waals surface area contributed by atoms with Gasteiger partial charge >= 0.3 is 0 Å². The van der Waals surface area contributed by atoms with E-state index in [1.165, 1.54) is 0 Å². The smallest absolute Gasteiger partial charge is 0.125 e. The molecule has 8 heavy (non-hydrogen) atoms. The summed E-state index contributed by atoms with van der Waals surface area (Å²) in [7, 11) is 0.838. The van der Waals surface area contributed by atoms with Crippen LogP contribution in [-0.2, 0) is 0 Å². The molecule has 0 aliphatic carbocycles. The predicted molar refractivity (Wildman–Crippen MR) is 34.8 cm³/mol. The molecule has 1 heterocycles. The van der Waals surface area contributed by atoms with Gasteiger partial charge in [0.25, 0.3) is 0 Å². The molecule has 0 radical (unpaired) electrons. The van der Waals surface area contributed by atoms with E-state index in [1.807, 2.05) is 18.1 Å². The van der Waals surface area contributed by atoms with Gasteiger partial charge in [-0.1, -0.05) is 0 Å². The lowest BCUT2D eigenvalue weighted by Crippen LogP contribution is -2.16. The molecular weight excluding hydrogens is 121 g/mol. The molecule has 0 aromatic rings. The number of rotatable bonds is 0. The van der Waals surface area contributed by atoms with E-state index < -0.39 is 7.77 Å². The van der Waals surface area contributed by atoms with Gasteiger partial charge in [-0.3, -0.25) is 0 Å². The Labute approximate surface area is 49.9 Å². The van der Waals surface area contributed by atoms with E-state index in [-0.39, 0.29) is 0 Å². The fraction of sp³-hybridized carbons (Fsp3) is 0.400. The van der Waals surface area contributed by atoms with Crippen LogP contribution in [0.3, 0.4) is 0 Å². The van der Waals surface area contributed by atoms with Crippen LogP contribution in [0.15, 0.2) is 12.0 Å². The molecule has 44 valence electrons. The zero-order chi connectivity index (χ0) is 5.98. The molecule has 0 aromatic carbocycles. The first-order valence-corrected chi connectivity index (χ1v) is 3.86. The first-order valence-electron chi connectivity index (χ1n) is 2.46. The maximum Gasteiger partial charge on any atom is 0.125 e. The van der Waals surface area contributed by atoms with Crippen molar-refractivity contribution < 1.29 is 4.89 Å². The van der Waals surface area contributed by atoms with Crippen molar-refractivity contribution in [1.82, 2.24) is 4.90 Å². The molecule has 0 bridgehead atoms. The molecular formula is C5H8NOP. The summed E-state index contributed by atoms with van der Waals surface area (Å²) in [5.74, 6) is 3.51. The van der Waals surface area contributed by atoms with Crippen LogP contribution in [0.2, 0.25) is 0 Å². The lowest BCUT2D eigenvalue weighted by atomic mass is 10.6. The first-order chi connectivity index (χ1) is 3.79. The van der Waals surface area contributed by atoms with Crippen LogP contribution in [0.5, 0.6) is 0 Å². The Kier molecular flexibility index (Phi) is 1.66. The Morgan fingerprint density at radius 2 is 2.50 bits per heavy atom. The van der Waals surface area contributed by atoms with E-state index in [2.05, 4.69) is 0 Å². The molecule has 1 aliphatic heterocycles. The number of nitrogens with zero attached hydrogens (tertiary/aromatic N) is 1. The maximum atomic E-state index is 10.6. The van der Waals surface area contributed by atoms with Gasteiger partial charge in [0.1, 0.15) is 11.6 Å². The second kappa shape index (κ2) is 2.29. The van der Waals surface area contributed by atoms with E-state index in [1.54, 1.807) is 11.6 Å². The lowest BCUT2D eigenvalue weighted by molar-refractivity contribution is -0.150. The van der Waals surface area contributed by atoms with Crippen LogP contribution in [-0.4, -0.2) is 24.3 Å². The maximum absolute atomic E-state index is 10.6. The summed E-state index contributed by atoms with van der Waals surface area (Å²) >= 11 is 0. The largest absolute Gasteiger partial charge is 0.626 e. The highest BCUT2D eigenvalue weighted by atomic mass is 31.1. The molecule has 0 fully saturated rings. The van der Waals surface area contributed by atoms with Gasteiger partial charge in [0.15, 0.2) is 0 Å². The number of hydrogen-bond donors (Lipinski definition) is 0. The molecule has 2 nitrogen and oxygen atoms in total. The van der Waals surface area contributed by atoms with Crippen molar-refractivity contribution in [2.24, 2.45) is 0 Å². The minimum atomic E-state index is -1.12. The fourth-order valence-corrected chi connectivity index (χ4v) is 1.41. The summed E-state index contributed by atoms with van der Waals surface area (Å²) < 4.78 is 0. The second-order valence-corrected chi connectivity index (χ2v) is 3.16. The van der Waals surface area contributed by atoms with Gasteiger partial charge in [-0.05, 0) is 0 Å². The van der Waals surface area contributed by atoms with Crippen molar-refractivity contribution in [3.8, 4) is 0 Å². The minimum absolute atomic E-state index is 0.811. The zero-order valence-corrected chi connectivity index (χ0v) is 5.64. The summed E-state index contributed by atoms with van der Waals surface area (Å²) in [6, 6.07) is 0. The molecule has 1 aliphatic rings. The van der Waals surface area contributed by atoms with Crippen LogP contribution >= 0.6 is 7.77 Å². The quantitative estimate of drug-likeness (QED) is 0.429. The van der Waals surface area contributed by atoms with E-state index in [0.717, 1.165) is 6.54 Å². The fourth-order valence-electron chi connectivity index (χ4n) is 0.510. The summed E-state index contributed by atoms with van der Waals surface area (Å²) in [6.07, 6.45) is 1.85. The molecule has 0 saturated heterocycles. The van der Waals surface area contributed by atoms with Crippen molar-refractivity contribution in [3.05, 3.63) is 12.0 Å². The topological polar surface area (TPSA) is 26.3 Å². The summed E-state index contributed by atoms with van der Waals surface area (Å²) in [6.45, 7) is 0.811. The third-order valence-corrected chi connectivity index (χ3v) is 1.97. The Morgan fingerprint density at radius 1 is 1.75 bits per heavy atom. The number of hydrogen-bond acceptors (Lipinski definition) is 2. The highest BCUT2D eigenvalue weighted by molar-refractivity contribution is 7.53. The Hall–Kier alpha value is -0.330. The summed E-state index contributed by atoms with van der Waals surface area (Å²) in [4.78, 5) is 12.6. The van der Waals surface area contributed by atoms with E-state index >= 15 is 0 Å². The first kappa shape index (κ1) is 5.80. The van der Waals surface area contributed by atoms with Crippen molar-refractivity contribution in [3.63, 3.8) is 0 Å². The molecule has 0 amide bonds. The van der Waals surface area contributed by atoms with Gasteiger partial charge in [-0.15, -0.1) is 0 Å². The molecule has 0 aromatic heterocycles. The Balaban J connectivity index is 2.58. The van der Waals surface area contributed by atoms with Gasteiger partial charge in [0.05, 0.1) is 14.3 Å². The molecule has 0 spiro atoms.